The molecule has 6 rings (SSSR count). The van der Waals surface area contributed by atoms with Crippen molar-refractivity contribution < 1.29 is 28.8 Å². The number of rotatable bonds is 5. The van der Waals surface area contributed by atoms with Crippen molar-refractivity contribution in [3.05, 3.63) is 68.2 Å². The highest BCUT2D eigenvalue weighted by atomic mass is 35.5. The minimum absolute atomic E-state index is 0.0221. The number of nitro groups is 1. The number of esters is 1. The van der Waals surface area contributed by atoms with Crippen LogP contribution in [0.4, 0.5) is 17.1 Å². The minimum Gasteiger partial charge on any atom is -0.426 e. The zero-order chi connectivity index (χ0) is 31.4. The lowest BCUT2D eigenvalue weighted by atomic mass is 9.84. The molecule has 2 aliphatic carbocycles. The molecule has 0 radical (unpaired) electrons. The Kier molecular flexibility index (Phi) is 7.04. The first-order valence-corrected chi connectivity index (χ1v) is 14.9. The Labute approximate surface area is 273 Å². The fourth-order valence-electron chi connectivity index (χ4n) is 6.24. The molecular formula is C27H17Cl6N3O7. The maximum absolute atomic E-state index is 13.7. The predicted molar refractivity (Wildman–Crippen MR) is 160 cm³/mol. The van der Waals surface area contributed by atoms with Gasteiger partial charge in [-0.1, -0.05) is 46.4 Å². The summed E-state index contributed by atoms with van der Waals surface area (Å²) in [5.74, 6) is -5.72. The summed E-state index contributed by atoms with van der Waals surface area (Å²) in [4.78, 5) is 61.6. The number of allylic oxidation sites excluding steroid dienone is 2. The topological polar surface area (TPSA) is 127 Å². The van der Waals surface area contributed by atoms with E-state index in [2.05, 4.69) is 0 Å². The van der Waals surface area contributed by atoms with Gasteiger partial charge >= 0.3 is 5.97 Å². The van der Waals surface area contributed by atoms with Crippen molar-refractivity contribution in [1.29, 1.82) is 0 Å². The molecule has 3 fully saturated rings. The summed E-state index contributed by atoms with van der Waals surface area (Å²) in [6.45, 7) is 1.62. The van der Waals surface area contributed by atoms with Crippen LogP contribution < -0.4 is 14.5 Å². The SMILES string of the molecule is Cc1cc(OC(=O)[C@@H]2CC(=O)N(c3ccc([N+](=O)[O-])cc3)C2)ccc1N1C(=O)[C@H]2[C@H](C1=O)[C@@]1(Cl)C(Cl)=C(Cl)[C@@]2(Cl)C1(Cl)Cl. The number of alkyl halides is 4. The second-order valence-electron chi connectivity index (χ2n) is 10.6. The average molecular weight is 708 g/mol. The Morgan fingerprint density at radius 3 is 2.02 bits per heavy atom. The van der Waals surface area contributed by atoms with Crippen molar-refractivity contribution in [1.82, 2.24) is 0 Å². The number of carbonyl (C=O) groups excluding carboxylic acids is 4. The lowest BCUT2D eigenvalue weighted by molar-refractivity contribution is -0.384. The molecule has 1 saturated carbocycles. The van der Waals surface area contributed by atoms with Crippen LogP contribution in [0.15, 0.2) is 52.5 Å². The lowest BCUT2D eigenvalue weighted by Gasteiger charge is -2.34. The number of hydrogen-bond donors (Lipinski definition) is 0. The second-order valence-corrected chi connectivity index (χ2v) is 13.9. The number of nitrogens with zero attached hydrogens (tertiary/aromatic N) is 3. The number of aryl methyl sites for hydroxylation is 1. The summed E-state index contributed by atoms with van der Waals surface area (Å²) in [5.41, 5.74) is 0.874. The maximum Gasteiger partial charge on any atom is 0.316 e. The fourth-order valence-corrected chi connectivity index (χ4v) is 9.17. The van der Waals surface area contributed by atoms with Crippen LogP contribution >= 0.6 is 69.6 Å². The minimum atomic E-state index is -2.05. The third-order valence-electron chi connectivity index (χ3n) is 8.37. The summed E-state index contributed by atoms with van der Waals surface area (Å²) in [6.07, 6.45) is -0.116. The molecule has 3 amide bonds. The number of anilines is 2. The third kappa shape index (κ3) is 3.93. The number of nitro benzene ring substituents is 1. The molecule has 2 aromatic rings. The standard InChI is InChI=1S/C27H17Cl6N3O7/c1-11-8-15(43-24(40)12-9-17(37)34(10-12)13-2-4-14(5-3-13)36(41)42)6-7-16(11)35-22(38)18-19(23(35)39)26(31)21(29)20(28)25(18,30)27(26,32)33/h2-8,12,18-19H,9-10H2,1H3/t12-,18-,19-,25-,26-/m1/s1. The van der Waals surface area contributed by atoms with Gasteiger partial charge in [-0.25, -0.2) is 4.90 Å². The van der Waals surface area contributed by atoms with Crippen molar-refractivity contribution >= 4 is 110 Å². The van der Waals surface area contributed by atoms with Crippen LogP contribution in [0.2, 0.25) is 0 Å². The van der Waals surface area contributed by atoms with Gasteiger partial charge in [-0.3, -0.25) is 29.3 Å². The largest absolute Gasteiger partial charge is 0.426 e. The molecule has 2 aromatic carbocycles. The van der Waals surface area contributed by atoms with E-state index in [4.69, 9.17) is 74.3 Å². The summed E-state index contributed by atoms with van der Waals surface area (Å²) >= 11 is 39.3. The molecule has 10 nitrogen and oxygen atoms in total. The third-order valence-corrected chi connectivity index (χ3v) is 12.6. The number of amides is 3. The van der Waals surface area contributed by atoms with Gasteiger partial charge in [0.1, 0.15) is 15.5 Å². The Morgan fingerprint density at radius 1 is 0.953 bits per heavy atom. The van der Waals surface area contributed by atoms with Gasteiger partial charge in [0.2, 0.25) is 17.7 Å². The molecule has 2 heterocycles. The summed E-state index contributed by atoms with van der Waals surface area (Å²) in [5, 5.41) is 10.5. The highest BCUT2D eigenvalue weighted by molar-refractivity contribution is 6.67. The monoisotopic (exact) mass is 705 g/mol. The van der Waals surface area contributed by atoms with Crippen LogP contribution in [0, 0.1) is 34.8 Å². The Morgan fingerprint density at radius 2 is 1.51 bits per heavy atom. The number of halogens is 6. The number of ether oxygens (including phenoxy) is 1. The van der Waals surface area contributed by atoms with Gasteiger partial charge in [0.15, 0.2) is 4.33 Å². The first-order valence-electron chi connectivity index (χ1n) is 12.6. The maximum atomic E-state index is 13.7. The number of non-ortho nitro benzene ring substituents is 1. The number of benzene rings is 2. The molecule has 0 unspecified atom stereocenters. The molecule has 0 spiro atoms. The molecule has 0 aromatic heterocycles. The van der Waals surface area contributed by atoms with Crippen molar-refractivity contribution in [3.8, 4) is 5.75 Å². The predicted octanol–water partition coefficient (Wildman–Crippen LogP) is 5.81. The van der Waals surface area contributed by atoms with E-state index in [1.807, 2.05) is 0 Å². The van der Waals surface area contributed by atoms with Gasteiger partial charge in [-0.2, -0.15) is 0 Å². The van der Waals surface area contributed by atoms with Gasteiger partial charge in [0.05, 0.1) is 38.4 Å². The van der Waals surface area contributed by atoms with Gasteiger partial charge in [-0.05, 0) is 42.8 Å². The van der Waals surface area contributed by atoms with E-state index >= 15 is 0 Å². The summed E-state index contributed by atoms with van der Waals surface area (Å²) < 4.78 is 3.48. The van der Waals surface area contributed by atoms with Crippen molar-refractivity contribution in [3.63, 3.8) is 0 Å². The van der Waals surface area contributed by atoms with E-state index in [9.17, 15) is 29.3 Å². The van der Waals surface area contributed by atoms with E-state index in [-0.39, 0.29) is 46.1 Å². The van der Waals surface area contributed by atoms with E-state index in [1.165, 1.54) is 47.4 Å². The van der Waals surface area contributed by atoms with E-state index in [0.29, 0.717) is 11.3 Å². The molecule has 2 aliphatic heterocycles. The highest BCUT2D eigenvalue weighted by Crippen LogP contribution is 2.77. The van der Waals surface area contributed by atoms with Gasteiger partial charge < -0.3 is 9.64 Å². The molecule has 16 heteroatoms. The van der Waals surface area contributed by atoms with E-state index in [1.54, 1.807) is 6.92 Å². The lowest BCUT2D eigenvalue weighted by Crippen LogP contribution is -2.50. The molecule has 43 heavy (non-hydrogen) atoms. The first-order chi connectivity index (χ1) is 20.1. The number of fused-ring (bicyclic) bond motifs is 5. The molecular weight excluding hydrogens is 691 g/mol. The number of hydrogen-bond acceptors (Lipinski definition) is 7. The first kappa shape index (κ1) is 30.4. The number of carbonyl (C=O) groups is 4. The van der Waals surface area contributed by atoms with Crippen LogP contribution in [0.5, 0.6) is 5.75 Å². The molecule has 4 aliphatic rings. The fraction of sp³-hybridized carbons (Fsp3) is 0.333. The van der Waals surface area contributed by atoms with Crippen molar-refractivity contribution in [2.45, 2.75) is 27.4 Å². The van der Waals surface area contributed by atoms with E-state index < -0.39 is 54.5 Å². The summed E-state index contributed by atoms with van der Waals surface area (Å²) in [6, 6.07) is 9.69. The van der Waals surface area contributed by atoms with Crippen molar-refractivity contribution in [2.24, 2.45) is 17.8 Å². The van der Waals surface area contributed by atoms with Crippen LogP contribution in [-0.4, -0.2) is 49.2 Å². The quantitative estimate of drug-likeness (QED) is 0.0958. The zero-order valence-electron chi connectivity index (χ0n) is 21.7. The smallest absolute Gasteiger partial charge is 0.316 e. The summed E-state index contributed by atoms with van der Waals surface area (Å²) in [7, 11) is 0. The zero-order valence-corrected chi connectivity index (χ0v) is 26.2. The van der Waals surface area contributed by atoms with Crippen molar-refractivity contribution in [2.75, 3.05) is 16.3 Å². The molecule has 2 bridgehead atoms. The van der Waals surface area contributed by atoms with Crippen LogP contribution in [0.3, 0.4) is 0 Å². The average Bonchev–Trinajstić information content (AvgIpc) is 3.54. The van der Waals surface area contributed by atoms with Gasteiger partial charge in [-0.15, -0.1) is 23.2 Å². The van der Waals surface area contributed by atoms with Gasteiger partial charge in [0.25, 0.3) is 5.69 Å². The van der Waals surface area contributed by atoms with E-state index in [0.717, 1.165) is 4.90 Å². The molecule has 5 atom stereocenters. The van der Waals surface area contributed by atoms with Crippen LogP contribution in [0.25, 0.3) is 0 Å². The number of imide groups is 1. The Balaban J connectivity index is 1.19. The molecule has 224 valence electrons. The van der Waals surface area contributed by atoms with Gasteiger partial charge in [0, 0.05) is 30.8 Å². The van der Waals surface area contributed by atoms with Crippen LogP contribution in [0.1, 0.15) is 12.0 Å². The Bertz CT molecular complexity index is 1650. The highest BCUT2D eigenvalue weighted by Gasteiger charge is 2.87. The normalized spacial score (nSPS) is 30.9. The van der Waals surface area contributed by atoms with Crippen LogP contribution in [-0.2, 0) is 19.2 Å². The molecule has 2 saturated heterocycles. The second kappa shape index (κ2) is 9.95. The molecule has 0 N–H and O–H groups in total. The Hall–Kier alpha value is -2.60.